The lowest BCUT2D eigenvalue weighted by Crippen LogP contribution is -2.53. The van der Waals surface area contributed by atoms with Crippen LogP contribution in [-0.4, -0.2) is 17.2 Å². The van der Waals surface area contributed by atoms with Crippen LogP contribution in [0.3, 0.4) is 0 Å². The molecule has 1 heterocycles. The van der Waals surface area contributed by atoms with Crippen LogP contribution in [0.4, 0.5) is 0 Å². The Morgan fingerprint density at radius 2 is 1.67 bits per heavy atom. The summed E-state index contributed by atoms with van der Waals surface area (Å²) in [4.78, 5) is 25.1. The van der Waals surface area contributed by atoms with Gasteiger partial charge in [-0.3, -0.25) is 9.59 Å². The Morgan fingerprint density at radius 1 is 1.04 bits per heavy atom. The molecule has 1 aliphatic heterocycles. The van der Waals surface area contributed by atoms with E-state index in [9.17, 15) is 9.59 Å². The third-order valence-corrected chi connectivity index (χ3v) is 4.68. The average Bonchev–Trinajstić information content (AvgIpc) is 2.48. The minimum atomic E-state index is -0.731. The van der Waals surface area contributed by atoms with Gasteiger partial charge < -0.3 is 5.32 Å². The van der Waals surface area contributed by atoms with E-state index in [4.69, 9.17) is 11.6 Å². The Balaban J connectivity index is 2.02. The molecule has 124 valence electrons. The first kappa shape index (κ1) is 16.7. The maximum Gasteiger partial charge on any atom is 0.235 e. The molecule has 1 saturated heterocycles. The lowest BCUT2D eigenvalue weighted by molar-refractivity contribution is -0.136. The zero-order chi connectivity index (χ0) is 17.5. The maximum atomic E-state index is 12.6. The summed E-state index contributed by atoms with van der Waals surface area (Å²) in [6, 6.07) is 13.4. The molecule has 4 heteroatoms. The van der Waals surface area contributed by atoms with Crippen molar-refractivity contribution in [2.24, 2.45) is 0 Å². The number of carbonyl (C=O) groups excluding carboxylic acids is 2. The van der Waals surface area contributed by atoms with Crippen molar-refractivity contribution in [2.45, 2.75) is 38.6 Å². The van der Waals surface area contributed by atoms with Gasteiger partial charge in [-0.15, -0.1) is 0 Å². The molecular weight excluding hydrogens is 322 g/mol. The number of piperidine rings is 1. The summed E-state index contributed by atoms with van der Waals surface area (Å²) >= 11 is 5.94. The number of hydrogen-bond donors (Lipinski definition) is 1. The number of benzene rings is 2. The van der Waals surface area contributed by atoms with Gasteiger partial charge in [0.05, 0.1) is 0 Å². The van der Waals surface area contributed by atoms with Gasteiger partial charge in [0.25, 0.3) is 0 Å². The van der Waals surface area contributed by atoms with Crippen LogP contribution < -0.4 is 5.32 Å². The number of rotatable bonds is 2. The second kappa shape index (κ2) is 6.06. The first-order chi connectivity index (χ1) is 11.3. The highest BCUT2D eigenvalue weighted by atomic mass is 35.5. The van der Waals surface area contributed by atoms with E-state index >= 15 is 0 Å². The molecule has 1 atom stereocenters. The van der Waals surface area contributed by atoms with Crippen LogP contribution in [0.5, 0.6) is 0 Å². The second-order valence-corrected chi connectivity index (χ2v) is 7.46. The summed E-state index contributed by atoms with van der Waals surface area (Å²) < 4.78 is 0. The van der Waals surface area contributed by atoms with Crippen LogP contribution in [0, 0.1) is 6.92 Å². The van der Waals surface area contributed by atoms with Gasteiger partial charge >= 0.3 is 0 Å². The van der Waals surface area contributed by atoms with Crippen molar-refractivity contribution in [1.82, 2.24) is 5.32 Å². The zero-order valence-corrected chi connectivity index (χ0v) is 14.8. The van der Waals surface area contributed by atoms with E-state index in [0.29, 0.717) is 11.4 Å². The highest BCUT2D eigenvalue weighted by Crippen LogP contribution is 2.32. The Hall–Kier alpha value is -2.13. The van der Waals surface area contributed by atoms with Crippen molar-refractivity contribution < 1.29 is 9.59 Å². The minimum Gasteiger partial charge on any atom is -0.350 e. The van der Waals surface area contributed by atoms with Crippen LogP contribution in [0.2, 0.25) is 5.02 Å². The molecule has 0 bridgehead atoms. The maximum absolute atomic E-state index is 12.6. The fourth-order valence-electron chi connectivity index (χ4n) is 3.22. The van der Waals surface area contributed by atoms with E-state index in [1.807, 2.05) is 63.2 Å². The fraction of sp³-hybridized carbons (Fsp3) is 0.300. The summed E-state index contributed by atoms with van der Waals surface area (Å²) in [6.07, 6.45) is 0.341. The van der Waals surface area contributed by atoms with Crippen molar-refractivity contribution in [3.8, 4) is 11.1 Å². The molecule has 3 nitrogen and oxygen atoms in total. The summed E-state index contributed by atoms with van der Waals surface area (Å²) in [5, 5.41) is 3.63. The minimum absolute atomic E-state index is 0.0277. The number of hydrogen-bond acceptors (Lipinski definition) is 2. The van der Waals surface area contributed by atoms with E-state index in [-0.39, 0.29) is 11.7 Å². The predicted octanol–water partition coefficient (Wildman–Crippen LogP) is 4.27. The molecule has 1 amide bonds. The van der Waals surface area contributed by atoms with Gasteiger partial charge in [0.2, 0.25) is 5.91 Å². The molecule has 24 heavy (non-hydrogen) atoms. The molecule has 1 N–H and O–H groups in total. The first-order valence-corrected chi connectivity index (χ1v) is 8.36. The van der Waals surface area contributed by atoms with Gasteiger partial charge in [-0.05, 0) is 61.2 Å². The topological polar surface area (TPSA) is 46.2 Å². The Kier molecular flexibility index (Phi) is 4.22. The molecule has 3 rings (SSSR count). The number of carbonyl (C=O) groups is 2. The van der Waals surface area contributed by atoms with E-state index in [0.717, 1.165) is 22.3 Å². The average molecular weight is 342 g/mol. The lowest BCUT2D eigenvalue weighted by atomic mass is 9.79. The van der Waals surface area contributed by atoms with E-state index in [1.165, 1.54) is 0 Å². The molecule has 1 aliphatic rings. The largest absolute Gasteiger partial charge is 0.350 e. The highest BCUT2D eigenvalue weighted by Gasteiger charge is 2.40. The van der Waals surface area contributed by atoms with Crippen LogP contribution in [0.1, 0.15) is 37.3 Å². The summed E-state index contributed by atoms with van der Waals surface area (Å²) in [6.45, 7) is 5.67. The van der Waals surface area contributed by atoms with Gasteiger partial charge in [0.15, 0.2) is 5.78 Å². The van der Waals surface area contributed by atoms with Gasteiger partial charge in [-0.2, -0.15) is 0 Å². The van der Waals surface area contributed by atoms with Crippen LogP contribution in [0.15, 0.2) is 42.5 Å². The van der Waals surface area contributed by atoms with Crippen LogP contribution >= 0.6 is 11.6 Å². The zero-order valence-electron chi connectivity index (χ0n) is 14.0. The highest BCUT2D eigenvalue weighted by molar-refractivity contribution is 6.30. The number of Topliss-reactive ketones (excluding diaryl/α,β-unsaturated/α-hetero) is 1. The molecule has 0 saturated carbocycles. The molecule has 2 aromatic rings. The first-order valence-electron chi connectivity index (χ1n) is 7.98. The molecule has 0 radical (unpaired) electrons. The third-order valence-electron chi connectivity index (χ3n) is 4.43. The van der Waals surface area contributed by atoms with Crippen molar-refractivity contribution >= 4 is 23.3 Å². The van der Waals surface area contributed by atoms with Gasteiger partial charge in [-0.25, -0.2) is 0 Å². The predicted molar refractivity (Wildman–Crippen MR) is 96.2 cm³/mol. The van der Waals surface area contributed by atoms with Crippen molar-refractivity contribution in [3.05, 3.63) is 58.6 Å². The molecule has 1 fully saturated rings. The van der Waals surface area contributed by atoms with E-state index in [2.05, 4.69) is 5.32 Å². The number of nitrogens with one attached hydrogen (secondary N) is 1. The van der Waals surface area contributed by atoms with Gasteiger partial charge in [0, 0.05) is 17.0 Å². The normalized spacial score (nSPS) is 19.9. The summed E-state index contributed by atoms with van der Waals surface area (Å²) in [5.41, 5.74) is 3.22. The summed E-state index contributed by atoms with van der Waals surface area (Å²) in [5.74, 6) is -0.974. The van der Waals surface area contributed by atoms with Crippen molar-refractivity contribution in [2.75, 3.05) is 0 Å². The standard InChI is InChI=1S/C20H20ClNO2/c1-12-4-5-14(13-6-8-15(21)9-7-13)10-16(12)18-17(23)11-20(2,3)22-19(18)24/h4-10,18H,11H2,1-3H3,(H,22,24). The third kappa shape index (κ3) is 3.22. The van der Waals surface area contributed by atoms with Crippen LogP contribution in [-0.2, 0) is 9.59 Å². The second-order valence-electron chi connectivity index (χ2n) is 7.03. The lowest BCUT2D eigenvalue weighted by Gasteiger charge is -2.34. The number of halogens is 1. The van der Waals surface area contributed by atoms with Crippen LogP contribution in [0.25, 0.3) is 11.1 Å². The molecular formula is C20H20ClNO2. The number of amides is 1. The van der Waals surface area contributed by atoms with Crippen molar-refractivity contribution in [1.29, 1.82) is 0 Å². The fourth-order valence-corrected chi connectivity index (χ4v) is 3.35. The van der Waals surface area contributed by atoms with Gasteiger partial charge in [0.1, 0.15) is 5.92 Å². The number of aryl methyl sites for hydroxylation is 1. The Morgan fingerprint density at radius 3 is 2.29 bits per heavy atom. The van der Waals surface area contributed by atoms with E-state index < -0.39 is 11.5 Å². The molecule has 0 aliphatic carbocycles. The van der Waals surface area contributed by atoms with E-state index in [1.54, 1.807) is 0 Å². The van der Waals surface area contributed by atoms with Crippen molar-refractivity contribution in [3.63, 3.8) is 0 Å². The smallest absolute Gasteiger partial charge is 0.235 e. The monoisotopic (exact) mass is 341 g/mol. The molecule has 0 aromatic heterocycles. The van der Waals surface area contributed by atoms with Gasteiger partial charge in [-0.1, -0.05) is 35.9 Å². The summed E-state index contributed by atoms with van der Waals surface area (Å²) in [7, 11) is 0. The Bertz CT molecular complexity index is 789. The Labute approximate surface area is 147 Å². The molecule has 0 spiro atoms. The quantitative estimate of drug-likeness (QED) is 0.829. The molecule has 2 aromatic carbocycles. The molecule has 1 unspecified atom stereocenters. The SMILES string of the molecule is Cc1ccc(-c2ccc(Cl)cc2)cc1C1C(=O)CC(C)(C)NC1=O. The number of ketones is 1.